The zero-order valence-electron chi connectivity index (χ0n) is 16.4. The van der Waals surface area contributed by atoms with Crippen LogP contribution in [-0.4, -0.2) is 94.9 Å². The average molecular weight is 384 g/mol. The number of ether oxygens (including phenoxy) is 4. The molecular formula is C18H32N4O5. The number of hydrogen-bond donors (Lipinski definition) is 2. The Balaban J connectivity index is 1.52. The van der Waals surface area contributed by atoms with Crippen molar-refractivity contribution < 1.29 is 23.7 Å². The smallest absolute Gasteiger partial charge is 0.243 e. The summed E-state index contributed by atoms with van der Waals surface area (Å²) in [6.07, 6.45) is 3.34. The number of carbonyl (C=O) groups excluding carboxylic acids is 1. The summed E-state index contributed by atoms with van der Waals surface area (Å²) < 4.78 is 22.9. The molecule has 2 N–H and O–H groups in total. The lowest BCUT2D eigenvalue weighted by atomic mass is 10.1. The van der Waals surface area contributed by atoms with Crippen molar-refractivity contribution in [3.8, 4) is 0 Å². The number of nitrogens with one attached hydrogen (secondary N) is 2. The third kappa shape index (κ3) is 6.03. The maximum atomic E-state index is 11.9. The van der Waals surface area contributed by atoms with Crippen molar-refractivity contribution in [2.45, 2.75) is 43.6 Å². The van der Waals surface area contributed by atoms with Crippen molar-refractivity contribution in [2.24, 2.45) is 4.99 Å². The minimum Gasteiger partial charge on any atom is -0.381 e. The van der Waals surface area contributed by atoms with Crippen molar-refractivity contribution >= 4 is 11.9 Å². The standard InChI is InChI=1S/C18H32N4O5/c1-22(2)16(23)12-20-17(21-14-3-7-24-8-4-14)19-11-15-13-26-18(27-15)5-9-25-10-6-18/h14-15H,3-13H2,1-2H3,(H2,19,20,21). The van der Waals surface area contributed by atoms with Crippen LogP contribution in [0.15, 0.2) is 4.99 Å². The molecule has 3 heterocycles. The molecule has 3 rings (SSSR count). The molecule has 0 saturated carbocycles. The molecule has 0 bridgehead atoms. The summed E-state index contributed by atoms with van der Waals surface area (Å²) in [5, 5.41) is 6.73. The molecule has 9 nitrogen and oxygen atoms in total. The van der Waals surface area contributed by atoms with Crippen LogP contribution in [0.1, 0.15) is 25.7 Å². The van der Waals surface area contributed by atoms with Gasteiger partial charge >= 0.3 is 0 Å². The summed E-state index contributed by atoms with van der Waals surface area (Å²) in [4.78, 5) is 17.9. The molecule has 3 fully saturated rings. The number of aliphatic imine (C=N–C) groups is 1. The van der Waals surface area contributed by atoms with Gasteiger partial charge in [0.25, 0.3) is 0 Å². The normalized spacial score (nSPS) is 26.1. The fraction of sp³-hybridized carbons (Fsp3) is 0.889. The predicted molar refractivity (Wildman–Crippen MR) is 99.6 cm³/mol. The summed E-state index contributed by atoms with van der Waals surface area (Å²) in [6.45, 7) is 4.06. The summed E-state index contributed by atoms with van der Waals surface area (Å²) in [7, 11) is 3.46. The first-order valence-corrected chi connectivity index (χ1v) is 9.79. The van der Waals surface area contributed by atoms with Crippen LogP contribution in [0.4, 0.5) is 0 Å². The van der Waals surface area contributed by atoms with Crippen molar-refractivity contribution in [1.82, 2.24) is 15.5 Å². The summed E-state index contributed by atoms with van der Waals surface area (Å²) in [5.74, 6) is 0.107. The van der Waals surface area contributed by atoms with E-state index in [1.807, 2.05) is 0 Å². The van der Waals surface area contributed by atoms with Crippen LogP contribution in [0.5, 0.6) is 0 Å². The minimum absolute atomic E-state index is 0.0373. The predicted octanol–water partition coefficient (Wildman–Crippen LogP) is -0.289. The molecule has 9 heteroatoms. The SMILES string of the molecule is CN(C)C(=O)CN=C(NCC1COC2(CCOCC2)O1)NC1CCOCC1. The van der Waals surface area contributed by atoms with Gasteiger partial charge in [0.05, 0.1) is 19.8 Å². The van der Waals surface area contributed by atoms with E-state index in [0.29, 0.717) is 38.4 Å². The minimum atomic E-state index is -0.489. The molecule has 3 aliphatic rings. The molecule has 3 saturated heterocycles. The maximum absolute atomic E-state index is 11.9. The lowest BCUT2D eigenvalue weighted by molar-refractivity contribution is -0.210. The van der Waals surface area contributed by atoms with Crippen LogP contribution < -0.4 is 10.6 Å². The van der Waals surface area contributed by atoms with Gasteiger partial charge < -0.3 is 34.5 Å². The zero-order chi connectivity index (χ0) is 19.1. The van der Waals surface area contributed by atoms with Gasteiger partial charge in [0, 0.05) is 52.7 Å². The first kappa shape index (κ1) is 20.3. The third-order valence-corrected chi connectivity index (χ3v) is 5.10. The van der Waals surface area contributed by atoms with E-state index in [1.165, 1.54) is 0 Å². The maximum Gasteiger partial charge on any atom is 0.243 e. The molecule has 1 amide bonds. The van der Waals surface area contributed by atoms with Gasteiger partial charge in [0.2, 0.25) is 5.91 Å². The fourth-order valence-electron chi connectivity index (χ4n) is 3.35. The van der Waals surface area contributed by atoms with E-state index >= 15 is 0 Å². The van der Waals surface area contributed by atoms with E-state index in [2.05, 4.69) is 15.6 Å². The van der Waals surface area contributed by atoms with Gasteiger partial charge in [-0.15, -0.1) is 0 Å². The highest BCUT2D eigenvalue weighted by Gasteiger charge is 2.42. The van der Waals surface area contributed by atoms with E-state index in [-0.39, 0.29) is 18.6 Å². The molecule has 0 aromatic heterocycles. The second-order valence-electron chi connectivity index (χ2n) is 7.44. The van der Waals surface area contributed by atoms with E-state index in [0.717, 1.165) is 38.9 Å². The average Bonchev–Trinajstić information content (AvgIpc) is 3.07. The largest absolute Gasteiger partial charge is 0.381 e. The second-order valence-corrected chi connectivity index (χ2v) is 7.44. The third-order valence-electron chi connectivity index (χ3n) is 5.10. The summed E-state index contributed by atoms with van der Waals surface area (Å²) >= 11 is 0. The number of carbonyl (C=O) groups is 1. The van der Waals surface area contributed by atoms with Gasteiger partial charge in [0.15, 0.2) is 11.7 Å². The molecule has 0 aromatic rings. The van der Waals surface area contributed by atoms with Crippen molar-refractivity contribution in [3.05, 3.63) is 0 Å². The van der Waals surface area contributed by atoms with Gasteiger partial charge in [-0.2, -0.15) is 0 Å². The van der Waals surface area contributed by atoms with Crippen molar-refractivity contribution in [2.75, 3.05) is 60.2 Å². The molecule has 0 radical (unpaired) electrons. The van der Waals surface area contributed by atoms with Crippen LogP contribution in [0.2, 0.25) is 0 Å². The molecule has 1 spiro atoms. The highest BCUT2D eigenvalue weighted by molar-refractivity contribution is 5.84. The number of amides is 1. The Labute approximate surface area is 160 Å². The van der Waals surface area contributed by atoms with Gasteiger partial charge in [-0.1, -0.05) is 0 Å². The van der Waals surface area contributed by atoms with Crippen LogP contribution in [0, 0.1) is 0 Å². The number of guanidine groups is 1. The van der Waals surface area contributed by atoms with Crippen LogP contribution in [-0.2, 0) is 23.7 Å². The molecule has 1 unspecified atom stereocenters. The second kappa shape index (κ2) is 9.68. The Morgan fingerprint density at radius 1 is 1.15 bits per heavy atom. The van der Waals surface area contributed by atoms with Crippen molar-refractivity contribution in [1.29, 1.82) is 0 Å². The first-order valence-electron chi connectivity index (χ1n) is 9.79. The van der Waals surface area contributed by atoms with E-state index in [4.69, 9.17) is 18.9 Å². The lowest BCUT2D eigenvalue weighted by Crippen LogP contribution is -2.48. The molecule has 154 valence electrons. The highest BCUT2D eigenvalue weighted by atomic mass is 16.7. The van der Waals surface area contributed by atoms with E-state index in [1.54, 1.807) is 19.0 Å². The number of rotatable bonds is 5. The Hall–Kier alpha value is -1.42. The molecule has 0 aliphatic carbocycles. The molecule has 1 atom stereocenters. The van der Waals surface area contributed by atoms with Crippen LogP contribution in [0.25, 0.3) is 0 Å². The van der Waals surface area contributed by atoms with E-state index < -0.39 is 5.79 Å². The van der Waals surface area contributed by atoms with Crippen molar-refractivity contribution in [3.63, 3.8) is 0 Å². The molecule has 0 aromatic carbocycles. The topological polar surface area (TPSA) is 93.7 Å². The Bertz CT molecular complexity index is 516. The van der Waals surface area contributed by atoms with Gasteiger partial charge in [-0.25, -0.2) is 4.99 Å². The highest BCUT2D eigenvalue weighted by Crippen LogP contribution is 2.32. The Kier molecular flexibility index (Phi) is 7.28. The lowest BCUT2D eigenvalue weighted by Gasteiger charge is -2.31. The monoisotopic (exact) mass is 384 g/mol. The molecular weight excluding hydrogens is 352 g/mol. The Morgan fingerprint density at radius 3 is 2.56 bits per heavy atom. The number of nitrogens with zero attached hydrogens (tertiary/aromatic N) is 2. The van der Waals surface area contributed by atoms with Gasteiger partial charge in [0.1, 0.15) is 12.6 Å². The summed E-state index contributed by atoms with van der Waals surface area (Å²) in [6, 6.07) is 0.294. The zero-order valence-corrected chi connectivity index (χ0v) is 16.4. The first-order chi connectivity index (χ1) is 13.1. The Morgan fingerprint density at radius 2 is 1.85 bits per heavy atom. The van der Waals surface area contributed by atoms with Crippen LogP contribution in [0.3, 0.4) is 0 Å². The number of likely N-dealkylation sites (N-methyl/N-ethyl adjacent to an activating group) is 1. The molecule has 3 aliphatic heterocycles. The van der Waals surface area contributed by atoms with E-state index in [9.17, 15) is 4.79 Å². The fourth-order valence-corrected chi connectivity index (χ4v) is 3.35. The quantitative estimate of drug-likeness (QED) is 0.497. The molecule has 27 heavy (non-hydrogen) atoms. The number of hydrogen-bond acceptors (Lipinski definition) is 6. The van der Waals surface area contributed by atoms with Crippen LogP contribution >= 0.6 is 0 Å². The summed E-state index contributed by atoms with van der Waals surface area (Å²) in [5.41, 5.74) is 0. The van der Waals surface area contributed by atoms with Gasteiger partial charge in [-0.3, -0.25) is 4.79 Å². The van der Waals surface area contributed by atoms with Gasteiger partial charge in [-0.05, 0) is 12.8 Å².